The van der Waals surface area contributed by atoms with Gasteiger partial charge >= 0.3 is 11.9 Å². The lowest BCUT2D eigenvalue weighted by Gasteiger charge is -2.06. The Balaban J connectivity index is 1.82. The molecule has 0 atom stereocenters. The molecule has 2 aromatic rings. The van der Waals surface area contributed by atoms with Gasteiger partial charge in [0, 0.05) is 33.7 Å². The van der Waals surface area contributed by atoms with Crippen molar-refractivity contribution >= 4 is 11.9 Å². The van der Waals surface area contributed by atoms with E-state index in [1.807, 2.05) is 0 Å². The standard InChI is InChI=1S/C19H28N4O9/c1-22-12-14(18(24)25)16(20-22)31-11-8-29-5-4-23-13-15(19(26)32-10-7-28-3)17(21-23)30-9-6-27-2/h12-13H,4-11H2,1-3H3,(H,24,25). The van der Waals surface area contributed by atoms with E-state index >= 15 is 0 Å². The van der Waals surface area contributed by atoms with Crippen LogP contribution in [-0.4, -0.2) is 97.1 Å². The highest BCUT2D eigenvalue weighted by molar-refractivity contribution is 5.91. The summed E-state index contributed by atoms with van der Waals surface area (Å²) in [6.45, 7) is 1.91. The summed E-state index contributed by atoms with van der Waals surface area (Å²) in [7, 11) is 4.66. The van der Waals surface area contributed by atoms with Crippen molar-refractivity contribution in [2.75, 3.05) is 60.5 Å². The van der Waals surface area contributed by atoms with Gasteiger partial charge in [0.05, 0.1) is 33.0 Å². The largest absolute Gasteiger partial charge is 0.477 e. The minimum absolute atomic E-state index is 0.0186. The fourth-order valence-electron chi connectivity index (χ4n) is 2.46. The molecule has 0 aliphatic rings. The van der Waals surface area contributed by atoms with Crippen molar-refractivity contribution in [2.24, 2.45) is 7.05 Å². The molecule has 32 heavy (non-hydrogen) atoms. The van der Waals surface area contributed by atoms with E-state index in [4.69, 9.17) is 33.5 Å². The molecular formula is C19H28N4O9. The Kier molecular flexibility index (Phi) is 10.4. The number of hydrogen-bond acceptors (Lipinski definition) is 10. The third-order valence-electron chi connectivity index (χ3n) is 3.95. The number of hydrogen-bond donors (Lipinski definition) is 1. The quantitative estimate of drug-likeness (QED) is 0.274. The molecule has 0 aromatic carbocycles. The molecule has 0 spiro atoms. The molecule has 0 bridgehead atoms. The summed E-state index contributed by atoms with van der Waals surface area (Å²) in [6, 6.07) is 0. The number of rotatable bonds is 16. The van der Waals surface area contributed by atoms with Crippen LogP contribution in [0, 0.1) is 0 Å². The van der Waals surface area contributed by atoms with Gasteiger partial charge in [-0.1, -0.05) is 0 Å². The van der Waals surface area contributed by atoms with Crippen molar-refractivity contribution in [2.45, 2.75) is 6.54 Å². The van der Waals surface area contributed by atoms with Gasteiger partial charge in [-0.05, 0) is 0 Å². The van der Waals surface area contributed by atoms with E-state index < -0.39 is 11.9 Å². The third-order valence-corrected chi connectivity index (χ3v) is 3.95. The summed E-state index contributed by atoms with van der Waals surface area (Å²) in [5.41, 5.74) is 0.173. The number of aromatic carboxylic acids is 1. The zero-order valence-electron chi connectivity index (χ0n) is 18.3. The molecule has 0 amide bonds. The van der Waals surface area contributed by atoms with E-state index in [1.54, 1.807) is 14.2 Å². The second-order valence-electron chi connectivity index (χ2n) is 6.37. The van der Waals surface area contributed by atoms with Gasteiger partial charge in [-0.25, -0.2) is 9.59 Å². The molecule has 2 aromatic heterocycles. The van der Waals surface area contributed by atoms with E-state index in [0.717, 1.165) is 0 Å². The van der Waals surface area contributed by atoms with Crippen molar-refractivity contribution in [3.8, 4) is 11.8 Å². The van der Waals surface area contributed by atoms with E-state index in [0.29, 0.717) is 13.2 Å². The van der Waals surface area contributed by atoms with E-state index in [9.17, 15) is 9.59 Å². The summed E-state index contributed by atoms with van der Waals surface area (Å²) in [5.74, 6) is -1.51. The highest BCUT2D eigenvalue weighted by Crippen LogP contribution is 2.18. The van der Waals surface area contributed by atoms with Gasteiger partial charge in [-0.2, -0.15) is 0 Å². The molecule has 13 nitrogen and oxygen atoms in total. The van der Waals surface area contributed by atoms with Gasteiger partial charge in [0.1, 0.15) is 30.9 Å². The summed E-state index contributed by atoms with van der Waals surface area (Å²) in [6.07, 6.45) is 2.88. The first-order chi connectivity index (χ1) is 15.5. The molecule has 2 heterocycles. The number of methoxy groups -OCH3 is 2. The van der Waals surface area contributed by atoms with Crippen LogP contribution in [0.1, 0.15) is 20.7 Å². The third kappa shape index (κ3) is 7.83. The van der Waals surface area contributed by atoms with Crippen molar-refractivity contribution < 1.29 is 43.1 Å². The van der Waals surface area contributed by atoms with Crippen molar-refractivity contribution in [1.29, 1.82) is 0 Å². The lowest BCUT2D eigenvalue weighted by atomic mass is 10.3. The monoisotopic (exact) mass is 456 g/mol. The predicted octanol–water partition coefficient (Wildman–Crippen LogP) is 0.239. The maximum Gasteiger partial charge on any atom is 0.345 e. The average Bonchev–Trinajstić information content (AvgIpc) is 3.34. The lowest BCUT2D eigenvalue weighted by molar-refractivity contribution is 0.0382. The van der Waals surface area contributed by atoms with Crippen LogP contribution in [0.4, 0.5) is 0 Å². The number of nitrogens with zero attached hydrogens (tertiary/aromatic N) is 4. The number of ether oxygens (including phenoxy) is 6. The zero-order valence-corrected chi connectivity index (χ0v) is 18.3. The molecule has 0 aliphatic carbocycles. The topological polar surface area (TPSA) is 145 Å². The lowest BCUT2D eigenvalue weighted by Crippen LogP contribution is -2.13. The van der Waals surface area contributed by atoms with Crippen molar-refractivity contribution in [1.82, 2.24) is 19.6 Å². The van der Waals surface area contributed by atoms with Crippen LogP contribution < -0.4 is 9.47 Å². The van der Waals surface area contributed by atoms with Crippen LogP contribution in [0.3, 0.4) is 0 Å². The first-order valence-corrected chi connectivity index (χ1v) is 9.79. The zero-order chi connectivity index (χ0) is 23.3. The van der Waals surface area contributed by atoms with Gasteiger partial charge in [-0.3, -0.25) is 9.36 Å². The fourth-order valence-corrected chi connectivity index (χ4v) is 2.46. The normalized spacial score (nSPS) is 10.8. The Hall–Kier alpha value is -3.16. The summed E-state index contributed by atoms with van der Waals surface area (Å²) in [5, 5.41) is 17.3. The van der Waals surface area contributed by atoms with Crippen LogP contribution in [-0.2, 0) is 32.5 Å². The van der Waals surface area contributed by atoms with E-state index in [2.05, 4.69) is 10.2 Å². The summed E-state index contributed by atoms with van der Waals surface area (Å²) in [4.78, 5) is 23.4. The van der Waals surface area contributed by atoms with Gasteiger partial charge in [0.15, 0.2) is 0 Å². The number of carbonyl (C=O) groups excluding carboxylic acids is 1. The number of carboxylic acid groups (broad SMARTS) is 1. The SMILES string of the molecule is COCCOC(=O)c1cn(CCOCCOc2nn(C)cc2C(=O)O)nc1OCCOC. The summed E-state index contributed by atoms with van der Waals surface area (Å²) < 4.78 is 34.2. The molecule has 0 saturated carbocycles. The minimum Gasteiger partial charge on any atom is -0.477 e. The van der Waals surface area contributed by atoms with Crippen LogP contribution in [0.15, 0.2) is 12.4 Å². The van der Waals surface area contributed by atoms with Crippen LogP contribution in [0.2, 0.25) is 0 Å². The van der Waals surface area contributed by atoms with Crippen LogP contribution in [0.5, 0.6) is 11.8 Å². The van der Waals surface area contributed by atoms with Crippen molar-refractivity contribution in [3.63, 3.8) is 0 Å². The Labute approximate surface area is 184 Å². The highest BCUT2D eigenvalue weighted by Gasteiger charge is 2.20. The summed E-state index contributed by atoms with van der Waals surface area (Å²) >= 11 is 0. The molecule has 0 aliphatic heterocycles. The molecule has 0 saturated heterocycles. The molecule has 178 valence electrons. The molecule has 0 unspecified atom stereocenters. The van der Waals surface area contributed by atoms with E-state index in [1.165, 1.54) is 28.9 Å². The number of aromatic nitrogens is 4. The Morgan fingerprint density at radius 3 is 2.22 bits per heavy atom. The molecule has 0 radical (unpaired) electrons. The number of carboxylic acids is 1. The van der Waals surface area contributed by atoms with Gasteiger partial charge in [-0.15, -0.1) is 10.2 Å². The van der Waals surface area contributed by atoms with E-state index in [-0.39, 0.29) is 62.5 Å². The van der Waals surface area contributed by atoms with Gasteiger partial charge < -0.3 is 33.5 Å². The highest BCUT2D eigenvalue weighted by atomic mass is 16.6. The number of aryl methyl sites for hydroxylation is 1. The number of carbonyl (C=O) groups is 2. The maximum atomic E-state index is 12.3. The second kappa shape index (κ2) is 13.3. The molecular weight excluding hydrogens is 428 g/mol. The fraction of sp³-hybridized carbons (Fsp3) is 0.579. The second-order valence-corrected chi connectivity index (χ2v) is 6.37. The molecule has 13 heteroatoms. The van der Waals surface area contributed by atoms with Crippen LogP contribution >= 0.6 is 0 Å². The molecule has 1 N–H and O–H groups in total. The first-order valence-electron chi connectivity index (χ1n) is 9.79. The Bertz CT molecular complexity index is 865. The van der Waals surface area contributed by atoms with Gasteiger partial charge in [0.25, 0.3) is 0 Å². The maximum absolute atomic E-state index is 12.3. The van der Waals surface area contributed by atoms with Gasteiger partial charge in [0.2, 0.25) is 11.8 Å². The Morgan fingerprint density at radius 2 is 1.53 bits per heavy atom. The number of esters is 1. The smallest absolute Gasteiger partial charge is 0.345 e. The predicted molar refractivity (Wildman–Crippen MR) is 108 cm³/mol. The molecule has 2 rings (SSSR count). The minimum atomic E-state index is -1.12. The molecule has 0 fully saturated rings. The van der Waals surface area contributed by atoms with Crippen LogP contribution in [0.25, 0.3) is 0 Å². The first kappa shape index (κ1) is 25.1. The Morgan fingerprint density at radius 1 is 0.875 bits per heavy atom. The average molecular weight is 456 g/mol. The van der Waals surface area contributed by atoms with Crippen molar-refractivity contribution in [3.05, 3.63) is 23.5 Å².